The Balaban J connectivity index is 2.82. The van der Waals surface area contributed by atoms with E-state index in [9.17, 15) is 8.42 Å². The lowest BCUT2D eigenvalue weighted by Crippen LogP contribution is -2.25. The van der Waals surface area contributed by atoms with Gasteiger partial charge in [0.25, 0.3) is 0 Å². The second kappa shape index (κ2) is 6.74. The van der Waals surface area contributed by atoms with Crippen LogP contribution in [0.25, 0.3) is 0 Å². The first-order valence-electron chi connectivity index (χ1n) is 5.70. The van der Waals surface area contributed by atoms with Gasteiger partial charge < -0.3 is 0 Å². The fourth-order valence-electron chi connectivity index (χ4n) is 1.45. The van der Waals surface area contributed by atoms with Gasteiger partial charge in [0.15, 0.2) is 0 Å². The van der Waals surface area contributed by atoms with Crippen LogP contribution in [0.2, 0.25) is 5.02 Å². The summed E-state index contributed by atoms with van der Waals surface area (Å²) in [5.41, 5.74) is 0.338. The zero-order valence-electron chi connectivity index (χ0n) is 10.1. The third-order valence-electron chi connectivity index (χ3n) is 2.42. The van der Waals surface area contributed by atoms with Crippen LogP contribution in [0.3, 0.4) is 0 Å². The van der Waals surface area contributed by atoms with Crippen molar-refractivity contribution < 1.29 is 8.42 Å². The van der Waals surface area contributed by atoms with E-state index in [1.165, 1.54) is 18.2 Å². The Labute approximate surface area is 113 Å². The van der Waals surface area contributed by atoms with Gasteiger partial charge in [-0.2, -0.15) is 5.26 Å². The highest BCUT2D eigenvalue weighted by Crippen LogP contribution is 2.22. The van der Waals surface area contributed by atoms with Gasteiger partial charge in [0.2, 0.25) is 10.0 Å². The summed E-state index contributed by atoms with van der Waals surface area (Å²) < 4.78 is 26.4. The fraction of sp³-hybridized carbons (Fsp3) is 0.417. The summed E-state index contributed by atoms with van der Waals surface area (Å²) in [6.07, 6.45) is 2.80. The van der Waals surface area contributed by atoms with E-state index in [-0.39, 0.29) is 9.92 Å². The normalized spacial score (nSPS) is 11.2. The summed E-state index contributed by atoms with van der Waals surface area (Å²) in [5, 5.41) is 8.75. The fourth-order valence-corrected chi connectivity index (χ4v) is 3.06. The average molecular weight is 287 g/mol. The van der Waals surface area contributed by atoms with Gasteiger partial charge in [-0.25, -0.2) is 13.1 Å². The Morgan fingerprint density at radius 3 is 2.67 bits per heavy atom. The summed E-state index contributed by atoms with van der Waals surface area (Å²) in [6.45, 7) is 2.44. The lowest BCUT2D eigenvalue weighted by molar-refractivity contribution is 0.576. The molecule has 1 aromatic carbocycles. The molecule has 0 saturated carbocycles. The molecule has 0 unspecified atom stereocenters. The van der Waals surface area contributed by atoms with Gasteiger partial charge >= 0.3 is 0 Å². The molecule has 0 bridgehead atoms. The minimum absolute atomic E-state index is 0.0136. The molecule has 0 aliphatic carbocycles. The number of hydrogen-bond acceptors (Lipinski definition) is 3. The van der Waals surface area contributed by atoms with Crippen molar-refractivity contribution in [2.24, 2.45) is 0 Å². The largest absolute Gasteiger partial charge is 0.242 e. The Bertz CT molecular complexity index is 550. The summed E-state index contributed by atoms with van der Waals surface area (Å²) in [7, 11) is -3.59. The summed E-state index contributed by atoms with van der Waals surface area (Å²) in [6, 6.07) is 6.04. The minimum Gasteiger partial charge on any atom is -0.211 e. The van der Waals surface area contributed by atoms with Gasteiger partial charge in [-0.1, -0.05) is 31.4 Å². The molecule has 4 nitrogen and oxygen atoms in total. The highest BCUT2D eigenvalue weighted by molar-refractivity contribution is 7.89. The van der Waals surface area contributed by atoms with Crippen LogP contribution in [0.4, 0.5) is 0 Å². The van der Waals surface area contributed by atoms with E-state index in [0.717, 1.165) is 19.3 Å². The number of unbranched alkanes of at least 4 members (excludes halogenated alkanes) is 2. The molecule has 1 aromatic rings. The number of sulfonamides is 1. The second-order valence-corrected chi connectivity index (χ2v) is 6.00. The van der Waals surface area contributed by atoms with Gasteiger partial charge in [-0.3, -0.25) is 0 Å². The Morgan fingerprint density at radius 2 is 2.11 bits per heavy atom. The molecule has 6 heteroatoms. The van der Waals surface area contributed by atoms with E-state index in [2.05, 4.69) is 4.72 Å². The first-order chi connectivity index (χ1) is 8.51. The van der Waals surface area contributed by atoms with E-state index in [1.54, 1.807) is 0 Å². The number of halogens is 1. The third kappa shape index (κ3) is 3.98. The highest BCUT2D eigenvalue weighted by atomic mass is 35.5. The van der Waals surface area contributed by atoms with Crippen molar-refractivity contribution in [2.45, 2.75) is 31.1 Å². The van der Waals surface area contributed by atoms with Crippen LogP contribution in [0.1, 0.15) is 31.7 Å². The van der Waals surface area contributed by atoms with Crippen LogP contribution >= 0.6 is 11.6 Å². The van der Waals surface area contributed by atoms with E-state index in [4.69, 9.17) is 16.9 Å². The van der Waals surface area contributed by atoms with Crippen molar-refractivity contribution in [3.05, 3.63) is 28.8 Å². The van der Waals surface area contributed by atoms with Crippen LogP contribution in [0.5, 0.6) is 0 Å². The van der Waals surface area contributed by atoms with Crippen LogP contribution in [-0.4, -0.2) is 15.0 Å². The van der Waals surface area contributed by atoms with Crippen molar-refractivity contribution in [3.8, 4) is 6.07 Å². The maximum atomic E-state index is 11.9. The predicted molar refractivity (Wildman–Crippen MR) is 70.9 cm³/mol. The molecule has 1 rings (SSSR count). The first-order valence-corrected chi connectivity index (χ1v) is 7.56. The molecule has 1 N–H and O–H groups in total. The molecule has 0 aliphatic rings. The zero-order valence-corrected chi connectivity index (χ0v) is 11.7. The van der Waals surface area contributed by atoms with E-state index < -0.39 is 10.0 Å². The molecular formula is C12H15ClN2O2S. The quantitative estimate of drug-likeness (QED) is 0.817. The first kappa shape index (κ1) is 15.0. The third-order valence-corrected chi connectivity index (χ3v) is 4.37. The molecule has 0 aliphatic heterocycles. The molecule has 0 radical (unpaired) electrons. The van der Waals surface area contributed by atoms with Crippen LogP contribution < -0.4 is 4.72 Å². The van der Waals surface area contributed by atoms with Crippen molar-refractivity contribution in [2.75, 3.05) is 6.54 Å². The molecule has 0 fully saturated rings. The highest BCUT2D eigenvalue weighted by Gasteiger charge is 2.17. The lowest BCUT2D eigenvalue weighted by atomic mass is 10.2. The topological polar surface area (TPSA) is 70.0 Å². The molecule has 0 amide bonds. The number of nitrogens with one attached hydrogen (secondary N) is 1. The van der Waals surface area contributed by atoms with Gasteiger partial charge in [0.1, 0.15) is 4.90 Å². The van der Waals surface area contributed by atoms with Gasteiger partial charge in [-0.05, 0) is 24.6 Å². The second-order valence-electron chi connectivity index (χ2n) is 3.86. The van der Waals surface area contributed by atoms with E-state index in [1.807, 2.05) is 13.0 Å². The number of nitriles is 1. The van der Waals surface area contributed by atoms with Crippen LogP contribution in [0, 0.1) is 11.3 Å². The van der Waals surface area contributed by atoms with Gasteiger partial charge in [0.05, 0.1) is 16.7 Å². The maximum Gasteiger partial charge on any atom is 0.242 e. The van der Waals surface area contributed by atoms with Crippen molar-refractivity contribution >= 4 is 21.6 Å². The monoisotopic (exact) mass is 286 g/mol. The lowest BCUT2D eigenvalue weighted by Gasteiger charge is -2.08. The molecule has 0 atom stereocenters. The Morgan fingerprint density at radius 1 is 1.39 bits per heavy atom. The van der Waals surface area contributed by atoms with Gasteiger partial charge in [-0.15, -0.1) is 0 Å². The number of benzene rings is 1. The summed E-state index contributed by atoms with van der Waals surface area (Å²) >= 11 is 5.86. The summed E-state index contributed by atoms with van der Waals surface area (Å²) in [4.78, 5) is 0.0136. The smallest absolute Gasteiger partial charge is 0.211 e. The summed E-state index contributed by atoms with van der Waals surface area (Å²) in [5.74, 6) is 0. The number of hydrogen-bond donors (Lipinski definition) is 1. The zero-order chi connectivity index (χ0) is 13.6. The molecule has 18 heavy (non-hydrogen) atoms. The predicted octanol–water partition coefficient (Wildman–Crippen LogP) is 2.68. The van der Waals surface area contributed by atoms with E-state index >= 15 is 0 Å². The van der Waals surface area contributed by atoms with Crippen molar-refractivity contribution in [1.29, 1.82) is 5.26 Å². The van der Waals surface area contributed by atoms with Crippen LogP contribution in [0.15, 0.2) is 23.1 Å². The van der Waals surface area contributed by atoms with Crippen LogP contribution in [-0.2, 0) is 10.0 Å². The molecule has 0 spiro atoms. The Hall–Kier alpha value is -1.09. The standard InChI is InChI=1S/C12H15ClN2O2S/c1-2-3-4-7-15-18(16,17)12-6-5-10(9-14)8-11(12)13/h5-6,8,15H,2-4,7H2,1H3. The minimum atomic E-state index is -3.59. The Kier molecular flexibility index (Phi) is 5.60. The number of nitrogens with zero attached hydrogens (tertiary/aromatic N) is 1. The SMILES string of the molecule is CCCCCNS(=O)(=O)c1ccc(C#N)cc1Cl. The maximum absolute atomic E-state index is 11.9. The molecular weight excluding hydrogens is 272 g/mol. The van der Waals surface area contributed by atoms with Gasteiger partial charge in [0, 0.05) is 6.54 Å². The molecule has 0 saturated heterocycles. The molecule has 98 valence electrons. The molecule has 0 aromatic heterocycles. The van der Waals surface area contributed by atoms with E-state index in [0.29, 0.717) is 12.1 Å². The van der Waals surface area contributed by atoms with Crippen molar-refractivity contribution in [3.63, 3.8) is 0 Å². The van der Waals surface area contributed by atoms with Crippen molar-refractivity contribution in [1.82, 2.24) is 4.72 Å². The molecule has 0 heterocycles. The number of rotatable bonds is 6. The average Bonchev–Trinajstić information content (AvgIpc) is 2.34.